The lowest BCUT2D eigenvalue weighted by molar-refractivity contribution is 0.102. The Balaban J connectivity index is 1.80. The summed E-state index contributed by atoms with van der Waals surface area (Å²) in [6.45, 7) is 4.03. The number of carbonyl (C=O) groups excluding carboxylic acids is 1. The highest BCUT2D eigenvalue weighted by Crippen LogP contribution is 2.22. The maximum atomic E-state index is 13.7. The SMILES string of the molecule is Cc1ccc(C)c(Nc2ccnc(C(=O)Nc3ccccc3F)c2)c1. The van der Waals surface area contributed by atoms with Crippen molar-refractivity contribution in [2.45, 2.75) is 13.8 Å². The van der Waals surface area contributed by atoms with Crippen molar-refractivity contribution in [1.82, 2.24) is 4.98 Å². The highest BCUT2D eigenvalue weighted by Gasteiger charge is 2.11. The van der Waals surface area contributed by atoms with Crippen LogP contribution in [0.1, 0.15) is 21.6 Å². The first-order valence-electron chi connectivity index (χ1n) is 7.89. The van der Waals surface area contributed by atoms with E-state index in [1.54, 1.807) is 30.5 Å². The molecule has 1 aromatic heterocycles. The molecular formula is C20H18FN3O. The second-order valence-electron chi connectivity index (χ2n) is 5.81. The summed E-state index contributed by atoms with van der Waals surface area (Å²) in [7, 11) is 0. The van der Waals surface area contributed by atoms with Crippen LogP contribution in [0.4, 0.5) is 21.5 Å². The monoisotopic (exact) mass is 335 g/mol. The van der Waals surface area contributed by atoms with Gasteiger partial charge in [-0.1, -0.05) is 24.3 Å². The summed E-state index contributed by atoms with van der Waals surface area (Å²) in [6.07, 6.45) is 1.55. The topological polar surface area (TPSA) is 54.0 Å². The van der Waals surface area contributed by atoms with E-state index in [0.29, 0.717) is 0 Å². The van der Waals surface area contributed by atoms with Crippen LogP contribution in [0.5, 0.6) is 0 Å². The smallest absolute Gasteiger partial charge is 0.274 e. The number of carbonyl (C=O) groups is 1. The first-order valence-corrected chi connectivity index (χ1v) is 7.89. The molecule has 0 fully saturated rings. The fourth-order valence-electron chi connectivity index (χ4n) is 2.41. The number of aryl methyl sites for hydroxylation is 2. The third-order valence-electron chi connectivity index (χ3n) is 3.79. The highest BCUT2D eigenvalue weighted by molar-refractivity contribution is 6.03. The van der Waals surface area contributed by atoms with Crippen LogP contribution >= 0.6 is 0 Å². The van der Waals surface area contributed by atoms with Crippen LogP contribution in [0.3, 0.4) is 0 Å². The van der Waals surface area contributed by atoms with Gasteiger partial charge in [-0.05, 0) is 55.3 Å². The quantitative estimate of drug-likeness (QED) is 0.718. The minimum absolute atomic E-state index is 0.127. The van der Waals surface area contributed by atoms with E-state index in [2.05, 4.69) is 15.6 Å². The van der Waals surface area contributed by atoms with Crippen molar-refractivity contribution in [2.24, 2.45) is 0 Å². The number of nitrogens with one attached hydrogen (secondary N) is 2. The van der Waals surface area contributed by atoms with Crippen molar-refractivity contribution in [2.75, 3.05) is 10.6 Å². The van der Waals surface area contributed by atoms with Crippen molar-refractivity contribution in [3.8, 4) is 0 Å². The average Bonchev–Trinajstić information content (AvgIpc) is 2.60. The normalized spacial score (nSPS) is 10.4. The number of hydrogen-bond donors (Lipinski definition) is 2. The Bertz CT molecular complexity index is 924. The van der Waals surface area contributed by atoms with E-state index in [0.717, 1.165) is 22.5 Å². The Morgan fingerprint density at radius 1 is 1.00 bits per heavy atom. The van der Waals surface area contributed by atoms with Crippen LogP contribution < -0.4 is 10.6 Å². The Morgan fingerprint density at radius 3 is 2.60 bits per heavy atom. The lowest BCUT2D eigenvalue weighted by Gasteiger charge is -2.11. The number of amides is 1. The van der Waals surface area contributed by atoms with Gasteiger partial charge < -0.3 is 10.6 Å². The van der Waals surface area contributed by atoms with Gasteiger partial charge in [-0.3, -0.25) is 9.78 Å². The van der Waals surface area contributed by atoms with Crippen LogP contribution in [-0.4, -0.2) is 10.9 Å². The molecule has 0 aliphatic carbocycles. The summed E-state index contributed by atoms with van der Waals surface area (Å²) in [5.41, 5.74) is 4.27. The predicted octanol–water partition coefficient (Wildman–Crippen LogP) is 4.83. The summed E-state index contributed by atoms with van der Waals surface area (Å²) in [4.78, 5) is 16.4. The van der Waals surface area contributed by atoms with Gasteiger partial charge in [0.2, 0.25) is 0 Å². The molecule has 0 radical (unpaired) electrons. The Morgan fingerprint density at radius 2 is 1.80 bits per heavy atom. The summed E-state index contributed by atoms with van der Waals surface area (Å²) in [5.74, 6) is -0.949. The van der Waals surface area contributed by atoms with E-state index in [4.69, 9.17) is 0 Å². The largest absolute Gasteiger partial charge is 0.355 e. The first-order chi connectivity index (χ1) is 12.0. The molecule has 5 heteroatoms. The molecule has 0 atom stereocenters. The molecular weight excluding hydrogens is 317 g/mol. The zero-order valence-electron chi connectivity index (χ0n) is 14.0. The number of halogens is 1. The van der Waals surface area contributed by atoms with Gasteiger partial charge in [0.15, 0.2) is 0 Å². The molecule has 0 bridgehead atoms. The van der Waals surface area contributed by atoms with Gasteiger partial charge in [0.05, 0.1) is 5.69 Å². The Labute approximate surface area is 145 Å². The van der Waals surface area contributed by atoms with Crippen LogP contribution in [0, 0.1) is 19.7 Å². The molecule has 0 unspecified atom stereocenters. The lowest BCUT2D eigenvalue weighted by atomic mass is 10.1. The standard InChI is InChI=1S/C20H18FN3O/c1-13-7-8-14(2)18(11-13)23-15-9-10-22-19(12-15)20(25)24-17-6-4-3-5-16(17)21/h3-12H,1-2H3,(H,22,23)(H,24,25). The molecule has 0 aliphatic heterocycles. The molecule has 2 aromatic carbocycles. The molecule has 25 heavy (non-hydrogen) atoms. The highest BCUT2D eigenvalue weighted by atomic mass is 19.1. The minimum atomic E-state index is -0.486. The van der Waals surface area contributed by atoms with E-state index in [-0.39, 0.29) is 11.4 Å². The number of hydrogen-bond acceptors (Lipinski definition) is 3. The maximum absolute atomic E-state index is 13.7. The molecule has 3 rings (SSSR count). The fraction of sp³-hybridized carbons (Fsp3) is 0.100. The molecule has 3 aromatic rings. The average molecular weight is 335 g/mol. The van der Waals surface area contributed by atoms with Crippen LogP contribution in [0.2, 0.25) is 0 Å². The molecule has 126 valence electrons. The number of rotatable bonds is 4. The van der Waals surface area contributed by atoms with E-state index < -0.39 is 11.7 Å². The third-order valence-corrected chi connectivity index (χ3v) is 3.79. The predicted molar refractivity (Wildman–Crippen MR) is 97.8 cm³/mol. The Hall–Kier alpha value is -3.21. The fourth-order valence-corrected chi connectivity index (χ4v) is 2.41. The van der Waals surface area contributed by atoms with Gasteiger partial charge >= 0.3 is 0 Å². The summed E-state index contributed by atoms with van der Waals surface area (Å²) >= 11 is 0. The van der Waals surface area contributed by atoms with E-state index in [1.165, 1.54) is 12.1 Å². The number of nitrogens with zero attached hydrogens (tertiary/aromatic N) is 1. The molecule has 0 spiro atoms. The Kier molecular flexibility index (Phi) is 4.75. The van der Waals surface area contributed by atoms with Gasteiger partial charge in [-0.15, -0.1) is 0 Å². The van der Waals surface area contributed by atoms with Crippen LogP contribution in [-0.2, 0) is 0 Å². The molecule has 0 saturated carbocycles. The molecule has 0 saturated heterocycles. The number of aromatic nitrogens is 1. The second-order valence-corrected chi connectivity index (χ2v) is 5.81. The molecule has 1 amide bonds. The second kappa shape index (κ2) is 7.13. The summed E-state index contributed by atoms with van der Waals surface area (Å²) in [5, 5.41) is 5.82. The van der Waals surface area contributed by atoms with Gasteiger partial charge in [0.25, 0.3) is 5.91 Å². The van der Waals surface area contributed by atoms with Gasteiger partial charge in [-0.25, -0.2) is 4.39 Å². The number of para-hydroxylation sites is 1. The van der Waals surface area contributed by atoms with Crippen LogP contribution in [0.15, 0.2) is 60.8 Å². The molecule has 4 nitrogen and oxygen atoms in total. The van der Waals surface area contributed by atoms with E-state index in [9.17, 15) is 9.18 Å². The van der Waals surface area contributed by atoms with Crippen molar-refractivity contribution in [3.05, 3.63) is 83.4 Å². The maximum Gasteiger partial charge on any atom is 0.274 e. The lowest BCUT2D eigenvalue weighted by Crippen LogP contribution is -2.14. The van der Waals surface area contributed by atoms with Gasteiger partial charge in [-0.2, -0.15) is 0 Å². The molecule has 2 N–H and O–H groups in total. The molecule has 0 aliphatic rings. The van der Waals surface area contributed by atoms with E-state index in [1.807, 2.05) is 32.0 Å². The summed E-state index contributed by atoms with van der Waals surface area (Å²) < 4.78 is 13.7. The van der Waals surface area contributed by atoms with Crippen molar-refractivity contribution in [1.29, 1.82) is 0 Å². The van der Waals surface area contributed by atoms with Gasteiger partial charge in [0, 0.05) is 17.6 Å². The number of anilines is 3. The zero-order chi connectivity index (χ0) is 17.8. The first kappa shape index (κ1) is 16.6. The van der Waals surface area contributed by atoms with Crippen molar-refractivity contribution >= 4 is 23.0 Å². The van der Waals surface area contributed by atoms with Crippen molar-refractivity contribution < 1.29 is 9.18 Å². The van der Waals surface area contributed by atoms with Gasteiger partial charge in [0.1, 0.15) is 11.5 Å². The van der Waals surface area contributed by atoms with E-state index >= 15 is 0 Å². The minimum Gasteiger partial charge on any atom is -0.355 e. The third kappa shape index (κ3) is 4.01. The zero-order valence-corrected chi connectivity index (χ0v) is 14.0. The molecule has 1 heterocycles. The summed E-state index contributed by atoms with van der Waals surface area (Å²) in [6, 6.07) is 15.6. The number of pyridine rings is 1. The van der Waals surface area contributed by atoms with Crippen LogP contribution in [0.25, 0.3) is 0 Å². The number of benzene rings is 2. The van der Waals surface area contributed by atoms with Crippen molar-refractivity contribution in [3.63, 3.8) is 0 Å².